The molecule has 0 radical (unpaired) electrons. The van der Waals surface area contributed by atoms with E-state index in [2.05, 4.69) is 29.3 Å². The second kappa shape index (κ2) is 11.2. The highest BCUT2D eigenvalue weighted by molar-refractivity contribution is 5.85. The van der Waals surface area contributed by atoms with Gasteiger partial charge in [0, 0.05) is 45.4 Å². The molecule has 1 aromatic carbocycles. The van der Waals surface area contributed by atoms with E-state index in [0.717, 1.165) is 63.7 Å². The molecule has 2 aliphatic rings. The van der Waals surface area contributed by atoms with Crippen molar-refractivity contribution < 1.29 is 14.2 Å². The van der Waals surface area contributed by atoms with Crippen molar-refractivity contribution in [2.45, 2.75) is 25.8 Å². The summed E-state index contributed by atoms with van der Waals surface area (Å²) in [5.74, 6) is 2.46. The van der Waals surface area contributed by atoms with Gasteiger partial charge in [0.25, 0.3) is 0 Å². The lowest BCUT2D eigenvalue weighted by Crippen LogP contribution is -2.47. The van der Waals surface area contributed by atoms with Gasteiger partial charge in [-0.2, -0.15) is 0 Å². The van der Waals surface area contributed by atoms with Gasteiger partial charge in [-0.1, -0.05) is 0 Å². The number of ether oxygens (including phenoxy) is 3. The smallest absolute Gasteiger partial charge is 0.127 e. The molecule has 2 heterocycles. The first-order valence-corrected chi connectivity index (χ1v) is 8.99. The van der Waals surface area contributed by atoms with Crippen LogP contribution in [0.4, 0.5) is 0 Å². The van der Waals surface area contributed by atoms with Crippen LogP contribution < -0.4 is 14.8 Å². The number of methoxy groups -OCH3 is 2. The molecule has 150 valence electrons. The van der Waals surface area contributed by atoms with Crippen LogP contribution in [-0.4, -0.2) is 58.5 Å². The number of rotatable bonds is 5. The first-order valence-electron chi connectivity index (χ1n) is 8.99. The fraction of sp³-hybridized carbons (Fsp3) is 0.684. The number of benzene rings is 1. The Morgan fingerprint density at radius 3 is 2.08 bits per heavy atom. The summed E-state index contributed by atoms with van der Waals surface area (Å²) in [6.45, 7) is 7.98. The normalized spacial score (nSPS) is 19.8. The average Bonchev–Trinajstić information content (AvgIpc) is 2.64. The lowest BCUT2D eigenvalue weighted by Gasteiger charge is -2.42. The standard InChI is InChI=1S/C19H30N2O3.2ClH/c1-14-12-16(22-2)18(17(13-14)23-3)19(15-4-10-24-11-5-15)21-8-6-20-7-9-21;;/h12-13,15,19-20H,4-11H2,1-3H3;2*1H/t19-;;/m1../s1. The van der Waals surface area contributed by atoms with E-state index in [1.165, 1.54) is 11.1 Å². The summed E-state index contributed by atoms with van der Waals surface area (Å²) in [5, 5.41) is 3.46. The number of nitrogens with one attached hydrogen (secondary N) is 1. The third-order valence-corrected chi connectivity index (χ3v) is 5.24. The maximum absolute atomic E-state index is 5.78. The molecule has 1 aromatic rings. The molecular weight excluding hydrogens is 375 g/mol. The minimum absolute atomic E-state index is 0. The Bertz CT molecular complexity index is 505. The zero-order valence-electron chi connectivity index (χ0n) is 16.0. The molecule has 0 aliphatic carbocycles. The molecule has 0 amide bonds. The van der Waals surface area contributed by atoms with Crippen molar-refractivity contribution in [1.82, 2.24) is 10.2 Å². The summed E-state index contributed by atoms with van der Waals surface area (Å²) < 4.78 is 17.2. The fourth-order valence-corrected chi connectivity index (χ4v) is 4.07. The van der Waals surface area contributed by atoms with E-state index in [-0.39, 0.29) is 24.8 Å². The van der Waals surface area contributed by atoms with Crippen LogP contribution in [-0.2, 0) is 4.74 Å². The largest absolute Gasteiger partial charge is 0.496 e. The Hall–Kier alpha value is -0.720. The fourth-order valence-electron chi connectivity index (χ4n) is 4.07. The Morgan fingerprint density at radius 1 is 1.04 bits per heavy atom. The number of halogens is 2. The van der Waals surface area contributed by atoms with E-state index < -0.39 is 0 Å². The van der Waals surface area contributed by atoms with Crippen molar-refractivity contribution in [2.75, 3.05) is 53.6 Å². The van der Waals surface area contributed by atoms with Gasteiger partial charge in [-0.05, 0) is 43.4 Å². The van der Waals surface area contributed by atoms with Crippen LogP contribution in [0.2, 0.25) is 0 Å². The second-order valence-corrected chi connectivity index (χ2v) is 6.76. The molecule has 0 unspecified atom stereocenters. The highest BCUT2D eigenvalue weighted by Gasteiger charge is 2.35. The van der Waals surface area contributed by atoms with Crippen LogP contribution in [0.25, 0.3) is 0 Å². The molecule has 0 bridgehead atoms. The first kappa shape index (κ1) is 23.3. The summed E-state index contributed by atoms with van der Waals surface area (Å²) >= 11 is 0. The van der Waals surface area contributed by atoms with E-state index in [9.17, 15) is 0 Å². The molecule has 2 saturated heterocycles. The molecular formula is C19H32Cl2N2O3. The summed E-state index contributed by atoms with van der Waals surface area (Å²) in [4.78, 5) is 2.60. The summed E-state index contributed by atoms with van der Waals surface area (Å²) in [7, 11) is 3.52. The number of nitrogens with zero attached hydrogens (tertiary/aromatic N) is 1. The Labute approximate surface area is 169 Å². The predicted molar refractivity (Wildman–Crippen MR) is 110 cm³/mol. The average molecular weight is 407 g/mol. The highest BCUT2D eigenvalue weighted by Crippen LogP contribution is 2.44. The molecule has 0 spiro atoms. The minimum atomic E-state index is 0. The van der Waals surface area contributed by atoms with Crippen molar-refractivity contribution in [3.05, 3.63) is 23.3 Å². The van der Waals surface area contributed by atoms with E-state index in [4.69, 9.17) is 14.2 Å². The van der Waals surface area contributed by atoms with Gasteiger partial charge in [-0.3, -0.25) is 4.90 Å². The first-order chi connectivity index (χ1) is 11.7. The molecule has 2 aliphatic heterocycles. The second-order valence-electron chi connectivity index (χ2n) is 6.76. The molecule has 0 saturated carbocycles. The zero-order valence-corrected chi connectivity index (χ0v) is 17.6. The molecule has 0 aromatic heterocycles. The van der Waals surface area contributed by atoms with Crippen molar-refractivity contribution in [3.8, 4) is 11.5 Å². The van der Waals surface area contributed by atoms with Gasteiger partial charge in [0.1, 0.15) is 11.5 Å². The van der Waals surface area contributed by atoms with Crippen molar-refractivity contribution in [2.24, 2.45) is 5.92 Å². The van der Waals surface area contributed by atoms with Crippen LogP contribution in [0, 0.1) is 12.8 Å². The minimum Gasteiger partial charge on any atom is -0.496 e. The van der Waals surface area contributed by atoms with Crippen molar-refractivity contribution in [1.29, 1.82) is 0 Å². The van der Waals surface area contributed by atoms with Crippen LogP contribution in [0.15, 0.2) is 12.1 Å². The molecule has 7 heteroatoms. The zero-order chi connectivity index (χ0) is 16.9. The molecule has 1 N–H and O–H groups in total. The maximum Gasteiger partial charge on any atom is 0.127 e. The SMILES string of the molecule is COc1cc(C)cc(OC)c1[C@@H](C1CCOCC1)N1CCNCC1.Cl.Cl. The number of piperazine rings is 1. The van der Waals surface area contributed by atoms with Gasteiger partial charge in [0.2, 0.25) is 0 Å². The van der Waals surface area contributed by atoms with Gasteiger partial charge < -0.3 is 19.5 Å². The Morgan fingerprint density at radius 2 is 1.58 bits per heavy atom. The van der Waals surface area contributed by atoms with Crippen LogP contribution in [0.5, 0.6) is 11.5 Å². The maximum atomic E-state index is 5.78. The molecule has 26 heavy (non-hydrogen) atoms. The summed E-state index contributed by atoms with van der Waals surface area (Å²) in [6.07, 6.45) is 2.18. The van der Waals surface area contributed by atoms with Gasteiger partial charge in [0.05, 0.1) is 19.8 Å². The summed E-state index contributed by atoms with van der Waals surface area (Å²) in [5.41, 5.74) is 2.37. The van der Waals surface area contributed by atoms with Crippen LogP contribution in [0.3, 0.4) is 0 Å². The third-order valence-electron chi connectivity index (χ3n) is 5.24. The monoisotopic (exact) mass is 406 g/mol. The highest BCUT2D eigenvalue weighted by atomic mass is 35.5. The lowest BCUT2D eigenvalue weighted by atomic mass is 9.84. The van der Waals surface area contributed by atoms with Crippen LogP contribution >= 0.6 is 24.8 Å². The van der Waals surface area contributed by atoms with Gasteiger partial charge >= 0.3 is 0 Å². The van der Waals surface area contributed by atoms with Gasteiger partial charge in [-0.25, -0.2) is 0 Å². The Kier molecular flexibility index (Phi) is 10.0. The van der Waals surface area contributed by atoms with Crippen molar-refractivity contribution in [3.63, 3.8) is 0 Å². The molecule has 5 nitrogen and oxygen atoms in total. The lowest BCUT2D eigenvalue weighted by molar-refractivity contribution is 0.0199. The number of aryl methyl sites for hydroxylation is 1. The quantitative estimate of drug-likeness (QED) is 0.812. The van der Waals surface area contributed by atoms with Gasteiger partial charge in [0.15, 0.2) is 0 Å². The molecule has 3 rings (SSSR count). The van der Waals surface area contributed by atoms with E-state index >= 15 is 0 Å². The third kappa shape index (κ3) is 5.17. The van der Waals surface area contributed by atoms with Gasteiger partial charge in [-0.15, -0.1) is 24.8 Å². The summed E-state index contributed by atoms with van der Waals surface area (Å²) in [6, 6.07) is 4.58. The topological polar surface area (TPSA) is 43.0 Å². The molecule has 1 atom stereocenters. The van der Waals surface area contributed by atoms with E-state index in [1.807, 2.05) is 0 Å². The number of hydrogen-bond donors (Lipinski definition) is 1. The van der Waals surface area contributed by atoms with Crippen LogP contribution in [0.1, 0.15) is 30.0 Å². The Balaban J connectivity index is 0.00000169. The number of hydrogen-bond acceptors (Lipinski definition) is 5. The van der Waals surface area contributed by atoms with E-state index in [1.54, 1.807) is 14.2 Å². The van der Waals surface area contributed by atoms with E-state index in [0.29, 0.717) is 12.0 Å². The van der Waals surface area contributed by atoms with Crippen molar-refractivity contribution >= 4 is 24.8 Å². The predicted octanol–water partition coefficient (Wildman–Crippen LogP) is 3.23. The molecule has 2 fully saturated rings.